The van der Waals surface area contributed by atoms with Gasteiger partial charge in [-0.05, 0) is 28.8 Å². The van der Waals surface area contributed by atoms with Crippen molar-refractivity contribution in [3.63, 3.8) is 0 Å². The monoisotopic (exact) mass is 267 g/mol. The maximum atomic E-state index is 4.50. The molecule has 0 saturated heterocycles. The van der Waals surface area contributed by atoms with Crippen LogP contribution in [0.3, 0.4) is 0 Å². The Hall–Kier alpha value is -0.940. The third-order valence-corrected chi connectivity index (χ3v) is 3.77. The molecule has 5 heteroatoms. The van der Waals surface area contributed by atoms with Gasteiger partial charge in [0.25, 0.3) is 0 Å². The van der Waals surface area contributed by atoms with Gasteiger partial charge < -0.3 is 5.32 Å². The summed E-state index contributed by atoms with van der Waals surface area (Å²) in [6, 6.07) is 2.16. The van der Waals surface area contributed by atoms with Crippen LogP contribution in [0.4, 0.5) is 5.13 Å². The van der Waals surface area contributed by atoms with E-state index < -0.39 is 0 Å². The Kier molecular flexibility index (Phi) is 3.79. The lowest BCUT2D eigenvalue weighted by Crippen LogP contribution is -2.13. The van der Waals surface area contributed by atoms with Crippen LogP contribution in [0.2, 0.25) is 0 Å². The van der Waals surface area contributed by atoms with Gasteiger partial charge in [0.2, 0.25) is 5.13 Å². The first-order valence-electron chi connectivity index (χ1n) is 5.65. The maximum Gasteiger partial charge on any atom is 0.202 e. The zero-order chi connectivity index (χ0) is 12.3. The summed E-state index contributed by atoms with van der Waals surface area (Å²) in [6.45, 7) is 7.30. The van der Waals surface area contributed by atoms with Crippen LogP contribution in [-0.2, 0) is 11.8 Å². The fraction of sp³-hybridized carbons (Fsp3) is 0.500. The number of aromatic nitrogens is 2. The zero-order valence-electron chi connectivity index (χ0n) is 10.4. The van der Waals surface area contributed by atoms with Crippen LogP contribution in [0.15, 0.2) is 16.8 Å². The quantitative estimate of drug-likeness (QED) is 0.920. The minimum atomic E-state index is 0.0315. The van der Waals surface area contributed by atoms with E-state index in [-0.39, 0.29) is 5.41 Å². The molecule has 0 radical (unpaired) electrons. The predicted octanol–water partition coefficient (Wildman–Crippen LogP) is 3.55. The SMILES string of the molecule is CC(C)(C)c1nsc(NCCc2ccsc2)n1. The van der Waals surface area contributed by atoms with E-state index in [1.807, 2.05) is 0 Å². The van der Waals surface area contributed by atoms with Crippen LogP contribution in [0.5, 0.6) is 0 Å². The van der Waals surface area contributed by atoms with E-state index in [0.717, 1.165) is 23.9 Å². The second-order valence-electron chi connectivity index (χ2n) is 4.98. The van der Waals surface area contributed by atoms with E-state index in [2.05, 4.69) is 52.3 Å². The highest BCUT2D eigenvalue weighted by molar-refractivity contribution is 7.09. The molecule has 0 saturated carbocycles. The molecular formula is C12H17N3S2. The standard InChI is InChI=1S/C12H17N3S2/c1-12(2,3)10-14-11(17-15-10)13-6-4-9-5-7-16-8-9/h5,7-8H,4,6H2,1-3H3,(H,13,14,15). The number of hydrogen-bond donors (Lipinski definition) is 1. The predicted molar refractivity (Wildman–Crippen MR) is 75.1 cm³/mol. The normalized spacial score (nSPS) is 11.7. The molecule has 0 aliphatic heterocycles. The van der Waals surface area contributed by atoms with Crippen molar-refractivity contribution in [3.8, 4) is 0 Å². The van der Waals surface area contributed by atoms with Gasteiger partial charge in [0.15, 0.2) is 0 Å². The second-order valence-corrected chi connectivity index (χ2v) is 6.51. The summed E-state index contributed by atoms with van der Waals surface area (Å²) in [4.78, 5) is 4.50. The van der Waals surface area contributed by atoms with Crippen molar-refractivity contribution in [2.45, 2.75) is 32.6 Å². The van der Waals surface area contributed by atoms with Crippen LogP contribution in [0.1, 0.15) is 32.2 Å². The third-order valence-electron chi connectivity index (χ3n) is 2.37. The Labute approximate surface area is 110 Å². The van der Waals surface area contributed by atoms with Crippen LogP contribution >= 0.6 is 22.9 Å². The number of thiophene rings is 1. The van der Waals surface area contributed by atoms with E-state index in [0.29, 0.717) is 0 Å². The van der Waals surface area contributed by atoms with Crippen molar-refractivity contribution in [1.82, 2.24) is 9.36 Å². The van der Waals surface area contributed by atoms with E-state index >= 15 is 0 Å². The summed E-state index contributed by atoms with van der Waals surface area (Å²) < 4.78 is 4.37. The zero-order valence-corrected chi connectivity index (χ0v) is 12.0. The maximum absolute atomic E-state index is 4.50. The molecule has 3 nitrogen and oxygen atoms in total. The molecule has 0 aromatic carbocycles. The van der Waals surface area contributed by atoms with Crippen molar-refractivity contribution in [3.05, 3.63) is 28.2 Å². The smallest absolute Gasteiger partial charge is 0.202 e. The fourth-order valence-corrected chi connectivity index (χ4v) is 2.83. The Balaban J connectivity index is 1.85. The van der Waals surface area contributed by atoms with Crippen molar-refractivity contribution < 1.29 is 0 Å². The summed E-state index contributed by atoms with van der Waals surface area (Å²) in [5.74, 6) is 0.917. The largest absolute Gasteiger partial charge is 0.360 e. The molecule has 17 heavy (non-hydrogen) atoms. The molecule has 0 fully saturated rings. The van der Waals surface area contributed by atoms with Crippen molar-refractivity contribution in [1.29, 1.82) is 0 Å². The number of rotatable bonds is 4. The molecule has 0 amide bonds. The van der Waals surface area contributed by atoms with Gasteiger partial charge in [0.1, 0.15) is 5.82 Å². The fourth-order valence-electron chi connectivity index (χ4n) is 1.35. The van der Waals surface area contributed by atoms with E-state index in [1.165, 1.54) is 17.1 Å². The molecule has 0 bridgehead atoms. The minimum Gasteiger partial charge on any atom is -0.360 e. The molecule has 2 aromatic heterocycles. The molecule has 2 heterocycles. The van der Waals surface area contributed by atoms with Crippen molar-refractivity contribution >= 4 is 28.0 Å². The van der Waals surface area contributed by atoms with E-state index in [1.54, 1.807) is 11.3 Å². The second kappa shape index (κ2) is 5.14. The first kappa shape index (κ1) is 12.5. The van der Waals surface area contributed by atoms with Crippen LogP contribution in [0.25, 0.3) is 0 Å². The lowest BCUT2D eigenvalue weighted by Gasteiger charge is -2.12. The first-order valence-corrected chi connectivity index (χ1v) is 7.36. The molecule has 0 aliphatic carbocycles. The molecule has 0 aliphatic rings. The highest BCUT2D eigenvalue weighted by Gasteiger charge is 2.19. The molecule has 0 atom stereocenters. The lowest BCUT2D eigenvalue weighted by molar-refractivity contribution is 0.555. The van der Waals surface area contributed by atoms with Gasteiger partial charge in [0.05, 0.1) is 0 Å². The lowest BCUT2D eigenvalue weighted by atomic mass is 9.96. The highest BCUT2D eigenvalue weighted by atomic mass is 32.1. The number of nitrogens with zero attached hydrogens (tertiary/aromatic N) is 2. The summed E-state index contributed by atoms with van der Waals surface area (Å²) >= 11 is 3.18. The summed E-state index contributed by atoms with van der Waals surface area (Å²) in [6.07, 6.45) is 1.04. The Morgan fingerprint density at radius 3 is 2.76 bits per heavy atom. The first-order chi connectivity index (χ1) is 8.05. The molecule has 1 N–H and O–H groups in total. The Morgan fingerprint density at radius 1 is 1.35 bits per heavy atom. The molecule has 92 valence electrons. The minimum absolute atomic E-state index is 0.0315. The molecule has 2 rings (SSSR count). The van der Waals surface area contributed by atoms with E-state index in [9.17, 15) is 0 Å². The average molecular weight is 267 g/mol. The Bertz CT molecular complexity index is 454. The topological polar surface area (TPSA) is 37.8 Å². The number of hydrogen-bond acceptors (Lipinski definition) is 5. The molecule has 0 spiro atoms. The molecular weight excluding hydrogens is 250 g/mol. The van der Waals surface area contributed by atoms with Crippen LogP contribution in [-0.4, -0.2) is 15.9 Å². The van der Waals surface area contributed by atoms with Crippen LogP contribution in [0, 0.1) is 0 Å². The summed E-state index contributed by atoms with van der Waals surface area (Å²) in [5.41, 5.74) is 1.41. The third kappa shape index (κ3) is 3.51. The Morgan fingerprint density at radius 2 is 2.18 bits per heavy atom. The van der Waals surface area contributed by atoms with Gasteiger partial charge in [-0.3, -0.25) is 0 Å². The van der Waals surface area contributed by atoms with Gasteiger partial charge in [-0.15, -0.1) is 0 Å². The summed E-state index contributed by atoms with van der Waals surface area (Å²) in [7, 11) is 0. The van der Waals surface area contributed by atoms with Crippen LogP contribution < -0.4 is 5.32 Å². The van der Waals surface area contributed by atoms with Gasteiger partial charge in [-0.2, -0.15) is 15.7 Å². The molecule has 2 aromatic rings. The van der Waals surface area contributed by atoms with Gasteiger partial charge in [-0.1, -0.05) is 20.8 Å². The average Bonchev–Trinajstić information content (AvgIpc) is 2.86. The van der Waals surface area contributed by atoms with Crippen molar-refractivity contribution in [2.75, 3.05) is 11.9 Å². The van der Waals surface area contributed by atoms with Gasteiger partial charge in [0, 0.05) is 23.5 Å². The number of nitrogens with one attached hydrogen (secondary N) is 1. The van der Waals surface area contributed by atoms with Gasteiger partial charge in [-0.25, -0.2) is 4.98 Å². The van der Waals surface area contributed by atoms with E-state index in [4.69, 9.17) is 0 Å². The number of anilines is 1. The highest BCUT2D eigenvalue weighted by Crippen LogP contribution is 2.22. The summed E-state index contributed by atoms with van der Waals surface area (Å²) in [5, 5.41) is 8.54. The van der Waals surface area contributed by atoms with Gasteiger partial charge >= 0.3 is 0 Å². The van der Waals surface area contributed by atoms with Crippen molar-refractivity contribution in [2.24, 2.45) is 0 Å². The molecule has 0 unspecified atom stereocenters.